The van der Waals surface area contributed by atoms with E-state index in [1.165, 1.54) is 38.8 Å². The van der Waals surface area contributed by atoms with Gasteiger partial charge in [0.25, 0.3) is 0 Å². The molecule has 1 aliphatic rings. The Balaban J connectivity index is 2.48. The third kappa shape index (κ3) is 4.84. The van der Waals surface area contributed by atoms with Crippen molar-refractivity contribution in [3.8, 4) is 0 Å². The molecule has 1 aliphatic carbocycles. The zero-order chi connectivity index (χ0) is 12.2. The smallest absolute Gasteiger partial charge is 0.0283 e. The number of rotatable bonds is 6. The predicted octanol–water partition coefficient (Wildman–Crippen LogP) is 2.87. The molecule has 0 saturated heterocycles. The fraction of sp³-hybridized carbons (Fsp3) is 1.00. The van der Waals surface area contributed by atoms with Crippen LogP contribution in [0.2, 0.25) is 0 Å². The first kappa shape index (κ1) is 14.0. The maximum atomic E-state index is 6.47. The van der Waals surface area contributed by atoms with Gasteiger partial charge in [-0.15, -0.1) is 0 Å². The average molecular weight is 226 g/mol. The lowest BCUT2D eigenvalue weighted by molar-refractivity contribution is 0.172. The van der Waals surface area contributed by atoms with E-state index < -0.39 is 0 Å². The fourth-order valence-electron chi connectivity index (χ4n) is 2.92. The van der Waals surface area contributed by atoms with Crippen LogP contribution in [0.15, 0.2) is 0 Å². The van der Waals surface area contributed by atoms with Crippen LogP contribution in [0.5, 0.6) is 0 Å². The Morgan fingerprint density at radius 1 is 1.00 bits per heavy atom. The summed E-state index contributed by atoms with van der Waals surface area (Å²) in [6.07, 6.45) is 5.10. The summed E-state index contributed by atoms with van der Waals surface area (Å²) < 4.78 is 0. The highest BCUT2D eigenvalue weighted by Gasteiger charge is 2.31. The van der Waals surface area contributed by atoms with Crippen LogP contribution >= 0.6 is 0 Å². The first-order chi connectivity index (χ1) is 7.41. The van der Waals surface area contributed by atoms with Gasteiger partial charge in [-0.2, -0.15) is 0 Å². The van der Waals surface area contributed by atoms with Crippen LogP contribution < -0.4 is 5.73 Å². The lowest BCUT2D eigenvalue weighted by atomic mass is 9.97. The van der Waals surface area contributed by atoms with Gasteiger partial charge in [0.1, 0.15) is 0 Å². The van der Waals surface area contributed by atoms with E-state index in [2.05, 4.69) is 32.6 Å². The van der Waals surface area contributed by atoms with Gasteiger partial charge in [0.2, 0.25) is 0 Å². The van der Waals surface area contributed by atoms with E-state index in [9.17, 15) is 0 Å². The first-order valence-electron chi connectivity index (χ1n) is 6.92. The maximum absolute atomic E-state index is 6.47. The molecule has 0 heterocycles. The molecule has 0 spiro atoms. The van der Waals surface area contributed by atoms with E-state index in [-0.39, 0.29) is 5.54 Å². The second kappa shape index (κ2) is 6.02. The molecule has 0 bridgehead atoms. The Kier molecular flexibility index (Phi) is 5.26. The van der Waals surface area contributed by atoms with Gasteiger partial charge in [-0.25, -0.2) is 0 Å². The van der Waals surface area contributed by atoms with E-state index in [1.54, 1.807) is 0 Å². The van der Waals surface area contributed by atoms with Crippen molar-refractivity contribution in [3.05, 3.63) is 0 Å². The molecule has 0 aliphatic heterocycles. The molecule has 2 N–H and O–H groups in total. The van der Waals surface area contributed by atoms with E-state index >= 15 is 0 Å². The molecule has 0 aromatic heterocycles. The molecule has 1 rings (SSSR count). The maximum Gasteiger partial charge on any atom is 0.0283 e. The second-order valence-electron chi connectivity index (χ2n) is 6.55. The number of nitrogens with two attached hydrogens (primary N) is 1. The Morgan fingerprint density at radius 3 is 1.81 bits per heavy atom. The highest BCUT2D eigenvalue weighted by Crippen LogP contribution is 2.28. The Labute approximate surface area is 102 Å². The average Bonchev–Trinajstić information content (AvgIpc) is 2.48. The molecule has 0 aromatic carbocycles. The summed E-state index contributed by atoms with van der Waals surface area (Å²) in [6.45, 7) is 12.7. The summed E-state index contributed by atoms with van der Waals surface area (Å²) >= 11 is 0. The van der Waals surface area contributed by atoms with Gasteiger partial charge < -0.3 is 10.6 Å². The molecule has 1 fully saturated rings. The number of hydrogen-bond acceptors (Lipinski definition) is 2. The van der Waals surface area contributed by atoms with E-state index in [0.717, 1.165) is 18.4 Å². The van der Waals surface area contributed by atoms with Crippen LogP contribution in [0.4, 0.5) is 0 Å². The summed E-state index contributed by atoms with van der Waals surface area (Å²) in [5.74, 6) is 1.48. The lowest BCUT2D eigenvalue weighted by Crippen LogP contribution is -2.49. The van der Waals surface area contributed by atoms with Crippen LogP contribution in [0, 0.1) is 11.8 Å². The van der Waals surface area contributed by atoms with Gasteiger partial charge in [0.15, 0.2) is 0 Å². The molecule has 96 valence electrons. The summed E-state index contributed by atoms with van der Waals surface area (Å²) in [6, 6.07) is 0. The zero-order valence-corrected chi connectivity index (χ0v) is 11.6. The summed E-state index contributed by atoms with van der Waals surface area (Å²) in [5, 5.41) is 0. The standard InChI is InChI=1S/C14H30N2/c1-12(2)9-16(10-13(3)4)11-14(15)7-5-6-8-14/h12-13H,5-11,15H2,1-4H3. The SMILES string of the molecule is CC(C)CN(CC(C)C)CC1(N)CCCC1. The van der Waals surface area contributed by atoms with Crippen LogP contribution in [0.1, 0.15) is 53.4 Å². The summed E-state index contributed by atoms with van der Waals surface area (Å²) in [5.41, 5.74) is 6.58. The molecule has 0 atom stereocenters. The van der Waals surface area contributed by atoms with Crippen molar-refractivity contribution in [1.82, 2.24) is 4.90 Å². The molecule has 0 amide bonds. The van der Waals surface area contributed by atoms with Gasteiger partial charge >= 0.3 is 0 Å². The number of hydrogen-bond donors (Lipinski definition) is 1. The first-order valence-corrected chi connectivity index (χ1v) is 6.92. The molecule has 0 radical (unpaired) electrons. The van der Waals surface area contributed by atoms with Crippen molar-refractivity contribution in [2.75, 3.05) is 19.6 Å². The van der Waals surface area contributed by atoms with Crippen LogP contribution in [-0.4, -0.2) is 30.1 Å². The Hall–Kier alpha value is -0.0800. The molecular formula is C14H30N2. The van der Waals surface area contributed by atoms with Crippen LogP contribution in [0.25, 0.3) is 0 Å². The minimum atomic E-state index is 0.115. The van der Waals surface area contributed by atoms with Gasteiger partial charge in [-0.1, -0.05) is 40.5 Å². The second-order valence-corrected chi connectivity index (χ2v) is 6.55. The third-order valence-corrected chi connectivity index (χ3v) is 3.38. The van der Waals surface area contributed by atoms with E-state index in [4.69, 9.17) is 5.73 Å². The number of nitrogens with zero attached hydrogens (tertiary/aromatic N) is 1. The molecule has 16 heavy (non-hydrogen) atoms. The molecule has 0 aromatic rings. The highest BCUT2D eigenvalue weighted by molar-refractivity contribution is 4.92. The molecule has 2 heteroatoms. The normalized spacial score (nSPS) is 20.2. The van der Waals surface area contributed by atoms with Crippen molar-refractivity contribution in [1.29, 1.82) is 0 Å². The lowest BCUT2D eigenvalue weighted by Gasteiger charge is -2.34. The van der Waals surface area contributed by atoms with Crippen molar-refractivity contribution in [3.63, 3.8) is 0 Å². The van der Waals surface area contributed by atoms with Crippen LogP contribution in [-0.2, 0) is 0 Å². The summed E-state index contributed by atoms with van der Waals surface area (Å²) in [7, 11) is 0. The molecule has 2 nitrogen and oxygen atoms in total. The monoisotopic (exact) mass is 226 g/mol. The molecule has 1 saturated carbocycles. The topological polar surface area (TPSA) is 29.3 Å². The quantitative estimate of drug-likeness (QED) is 0.754. The largest absolute Gasteiger partial charge is 0.324 e. The van der Waals surface area contributed by atoms with E-state index in [0.29, 0.717) is 0 Å². The molecular weight excluding hydrogens is 196 g/mol. The highest BCUT2D eigenvalue weighted by atomic mass is 15.1. The Bertz CT molecular complexity index is 183. The van der Waals surface area contributed by atoms with Gasteiger partial charge in [0, 0.05) is 25.2 Å². The minimum Gasteiger partial charge on any atom is -0.324 e. The van der Waals surface area contributed by atoms with Gasteiger partial charge in [0.05, 0.1) is 0 Å². The van der Waals surface area contributed by atoms with E-state index in [1.807, 2.05) is 0 Å². The van der Waals surface area contributed by atoms with Crippen LogP contribution in [0.3, 0.4) is 0 Å². The zero-order valence-electron chi connectivity index (χ0n) is 11.6. The Morgan fingerprint density at radius 2 is 1.44 bits per heavy atom. The fourth-order valence-corrected chi connectivity index (χ4v) is 2.92. The van der Waals surface area contributed by atoms with Gasteiger partial charge in [-0.05, 0) is 24.7 Å². The van der Waals surface area contributed by atoms with Gasteiger partial charge in [-0.3, -0.25) is 0 Å². The van der Waals surface area contributed by atoms with Crippen molar-refractivity contribution < 1.29 is 0 Å². The molecule has 0 unspecified atom stereocenters. The summed E-state index contributed by atoms with van der Waals surface area (Å²) in [4.78, 5) is 2.58. The van der Waals surface area contributed by atoms with Crippen molar-refractivity contribution >= 4 is 0 Å². The van der Waals surface area contributed by atoms with Crippen molar-refractivity contribution in [2.24, 2.45) is 17.6 Å². The third-order valence-electron chi connectivity index (χ3n) is 3.38. The van der Waals surface area contributed by atoms with Crippen molar-refractivity contribution in [2.45, 2.75) is 58.9 Å². The minimum absolute atomic E-state index is 0.115. The predicted molar refractivity (Wildman–Crippen MR) is 71.5 cm³/mol.